The maximum absolute atomic E-state index is 5.59. The monoisotopic (exact) mass is 204 g/mol. The number of hydrogen-bond acceptors (Lipinski definition) is 5. The molecule has 14 heavy (non-hydrogen) atoms. The molecule has 1 atom stereocenters. The Morgan fingerprint density at radius 1 is 1.43 bits per heavy atom. The van der Waals surface area contributed by atoms with Gasteiger partial charge in [-0.3, -0.25) is 0 Å². The van der Waals surface area contributed by atoms with Gasteiger partial charge < -0.3 is 25.3 Å². The number of rotatable bonds is 5. The van der Waals surface area contributed by atoms with Gasteiger partial charge in [-0.1, -0.05) is 0 Å². The molecule has 0 aromatic carbocycles. The molecule has 3 N–H and O–H groups in total. The number of ether oxygens (including phenoxy) is 3. The van der Waals surface area contributed by atoms with Crippen LogP contribution in [0.15, 0.2) is 0 Å². The van der Waals surface area contributed by atoms with Crippen molar-refractivity contribution in [3.05, 3.63) is 0 Å². The summed E-state index contributed by atoms with van der Waals surface area (Å²) in [6.45, 7) is 2.66. The van der Waals surface area contributed by atoms with Crippen molar-refractivity contribution in [2.75, 3.05) is 40.5 Å². The van der Waals surface area contributed by atoms with Crippen LogP contribution in [0.25, 0.3) is 0 Å². The predicted molar refractivity (Wildman–Crippen MR) is 53.0 cm³/mol. The zero-order chi connectivity index (χ0) is 10.4. The van der Waals surface area contributed by atoms with Gasteiger partial charge in [0.2, 0.25) is 0 Å². The van der Waals surface area contributed by atoms with E-state index in [2.05, 4.69) is 5.32 Å². The third-order valence-corrected chi connectivity index (χ3v) is 2.60. The van der Waals surface area contributed by atoms with Gasteiger partial charge in [0.05, 0.1) is 6.61 Å². The molecule has 0 aromatic heterocycles. The van der Waals surface area contributed by atoms with Gasteiger partial charge in [0.15, 0.2) is 5.79 Å². The van der Waals surface area contributed by atoms with E-state index >= 15 is 0 Å². The van der Waals surface area contributed by atoms with Crippen molar-refractivity contribution in [2.24, 2.45) is 5.73 Å². The van der Waals surface area contributed by atoms with Gasteiger partial charge in [-0.15, -0.1) is 0 Å². The average Bonchev–Trinajstić information content (AvgIpc) is 2.26. The molecule has 1 rings (SSSR count). The summed E-state index contributed by atoms with van der Waals surface area (Å²) >= 11 is 0. The smallest absolute Gasteiger partial charge is 0.196 e. The summed E-state index contributed by atoms with van der Waals surface area (Å²) in [5, 5.41) is 3.24. The molecule has 1 fully saturated rings. The van der Waals surface area contributed by atoms with Crippen LogP contribution in [-0.2, 0) is 14.2 Å². The third kappa shape index (κ3) is 2.43. The van der Waals surface area contributed by atoms with E-state index in [4.69, 9.17) is 19.9 Å². The Morgan fingerprint density at radius 2 is 2.14 bits per heavy atom. The Morgan fingerprint density at radius 3 is 2.71 bits per heavy atom. The van der Waals surface area contributed by atoms with Gasteiger partial charge in [-0.25, -0.2) is 0 Å². The Bertz CT molecular complexity index is 162. The van der Waals surface area contributed by atoms with Crippen LogP contribution in [0.2, 0.25) is 0 Å². The summed E-state index contributed by atoms with van der Waals surface area (Å²) < 4.78 is 16.4. The molecular formula is C9H20N2O3. The van der Waals surface area contributed by atoms with Crippen molar-refractivity contribution in [3.8, 4) is 0 Å². The topological polar surface area (TPSA) is 65.7 Å². The van der Waals surface area contributed by atoms with Crippen LogP contribution in [0.3, 0.4) is 0 Å². The quantitative estimate of drug-likeness (QED) is 0.580. The Kier molecular flexibility index (Phi) is 4.77. The van der Waals surface area contributed by atoms with Crippen LogP contribution in [0.4, 0.5) is 0 Å². The molecule has 5 nitrogen and oxygen atoms in total. The molecule has 0 aromatic rings. The highest BCUT2D eigenvalue weighted by atomic mass is 16.7. The van der Waals surface area contributed by atoms with Crippen LogP contribution in [0, 0.1) is 0 Å². The highest BCUT2D eigenvalue weighted by Crippen LogP contribution is 2.25. The lowest BCUT2D eigenvalue weighted by atomic mass is 10.0. The SMILES string of the molecule is COC1(OC)CCNCC1OCCN. The van der Waals surface area contributed by atoms with Crippen LogP contribution >= 0.6 is 0 Å². The van der Waals surface area contributed by atoms with Crippen molar-refractivity contribution in [2.45, 2.75) is 18.3 Å². The van der Waals surface area contributed by atoms with Gasteiger partial charge in [0.25, 0.3) is 0 Å². The van der Waals surface area contributed by atoms with Crippen molar-refractivity contribution in [1.82, 2.24) is 5.32 Å². The Hall–Kier alpha value is -0.200. The lowest BCUT2D eigenvalue weighted by Crippen LogP contribution is -2.57. The minimum absolute atomic E-state index is 0.0881. The van der Waals surface area contributed by atoms with Gasteiger partial charge in [-0.05, 0) is 0 Å². The molecule has 0 radical (unpaired) electrons. The molecule has 1 saturated heterocycles. The number of nitrogens with two attached hydrogens (primary N) is 1. The second-order valence-electron chi connectivity index (χ2n) is 3.32. The van der Waals surface area contributed by atoms with E-state index < -0.39 is 5.79 Å². The van der Waals surface area contributed by atoms with Gasteiger partial charge in [-0.2, -0.15) is 0 Å². The summed E-state index contributed by atoms with van der Waals surface area (Å²) in [7, 11) is 3.29. The van der Waals surface area contributed by atoms with Crippen LogP contribution in [-0.4, -0.2) is 52.4 Å². The van der Waals surface area contributed by atoms with E-state index in [0.717, 1.165) is 19.5 Å². The predicted octanol–water partition coefficient (Wildman–Crippen LogP) is -0.687. The Balaban J connectivity index is 2.56. The zero-order valence-electron chi connectivity index (χ0n) is 8.91. The van der Waals surface area contributed by atoms with Crippen molar-refractivity contribution in [1.29, 1.82) is 0 Å². The molecule has 0 bridgehead atoms. The van der Waals surface area contributed by atoms with E-state index in [0.29, 0.717) is 13.2 Å². The second kappa shape index (κ2) is 5.63. The molecule has 1 aliphatic rings. The first kappa shape index (κ1) is 11.9. The van der Waals surface area contributed by atoms with Crippen LogP contribution in [0.5, 0.6) is 0 Å². The van der Waals surface area contributed by atoms with E-state index in [9.17, 15) is 0 Å². The minimum atomic E-state index is -0.611. The highest BCUT2D eigenvalue weighted by Gasteiger charge is 2.42. The van der Waals surface area contributed by atoms with E-state index in [1.807, 2.05) is 0 Å². The first-order valence-corrected chi connectivity index (χ1v) is 4.91. The molecule has 0 saturated carbocycles. The number of nitrogens with one attached hydrogen (secondary N) is 1. The van der Waals surface area contributed by atoms with E-state index in [1.165, 1.54) is 0 Å². The lowest BCUT2D eigenvalue weighted by Gasteiger charge is -2.41. The molecule has 5 heteroatoms. The molecule has 1 aliphatic heterocycles. The highest BCUT2D eigenvalue weighted by molar-refractivity contribution is 4.87. The van der Waals surface area contributed by atoms with E-state index in [-0.39, 0.29) is 6.10 Å². The third-order valence-electron chi connectivity index (χ3n) is 2.60. The molecule has 0 aliphatic carbocycles. The number of piperidine rings is 1. The molecule has 1 unspecified atom stereocenters. The van der Waals surface area contributed by atoms with Gasteiger partial charge in [0.1, 0.15) is 6.10 Å². The Labute approximate surface area is 84.9 Å². The first-order valence-electron chi connectivity index (χ1n) is 4.91. The molecule has 0 amide bonds. The fraction of sp³-hybridized carbons (Fsp3) is 1.00. The van der Waals surface area contributed by atoms with Crippen molar-refractivity contribution < 1.29 is 14.2 Å². The standard InChI is InChI=1S/C9H20N2O3/c1-12-9(13-2)3-5-11-7-8(9)14-6-4-10/h8,11H,3-7,10H2,1-2H3. The molecule has 1 heterocycles. The summed E-state index contributed by atoms with van der Waals surface area (Å²) in [4.78, 5) is 0. The average molecular weight is 204 g/mol. The maximum atomic E-state index is 5.59. The lowest BCUT2D eigenvalue weighted by molar-refractivity contribution is -0.277. The first-order chi connectivity index (χ1) is 6.79. The fourth-order valence-electron chi connectivity index (χ4n) is 1.76. The minimum Gasteiger partial charge on any atom is -0.370 e. The van der Waals surface area contributed by atoms with Crippen LogP contribution < -0.4 is 11.1 Å². The summed E-state index contributed by atoms with van der Waals surface area (Å²) in [6.07, 6.45) is 0.699. The van der Waals surface area contributed by atoms with Crippen LogP contribution in [0.1, 0.15) is 6.42 Å². The van der Waals surface area contributed by atoms with Gasteiger partial charge >= 0.3 is 0 Å². The van der Waals surface area contributed by atoms with Gasteiger partial charge in [0, 0.05) is 40.3 Å². The normalized spacial score (nSPS) is 26.4. The van der Waals surface area contributed by atoms with Crippen molar-refractivity contribution >= 4 is 0 Å². The number of methoxy groups -OCH3 is 2. The second-order valence-corrected chi connectivity index (χ2v) is 3.32. The largest absolute Gasteiger partial charge is 0.370 e. The molecule has 0 spiro atoms. The zero-order valence-corrected chi connectivity index (χ0v) is 8.91. The van der Waals surface area contributed by atoms with Crippen molar-refractivity contribution in [3.63, 3.8) is 0 Å². The molecule has 84 valence electrons. The number of hydrogen-bond donors (Lipinski definition) is 2. The summed E-state index contributed by atoms with van der Waals surface area (Å²) in [6, 6.07) is 0. The van der Waals surface area contributed by atoms with E-state index in [1.54, 1.807) is 14.2 Å². The molecular weight excluding hydrogens is 184 g/mol. The summed E-state index contributed by atoms with van der Waals surface area (Å²) in [5.41, 5.74) is 5.39. The fourth-order valence-corrected chi connectivity index (χ4v) is 1.76. The maximum Gasteiger partial charge on any atom is 0.196 e. The summed E-state index contributed by atoms with van der Waals surface area (Å²) in [5.74, 6) is -0.611.